The first-order valence-electron chi connectivity index (χ1n) is 8.80. The van der Waals surface area contributed by atoms with E-state index in [4.69, 9.17) is 4.74 Å². The van der Waals surface area contributed by atoms with Crippen LogP contribution in [0.25, 0.3) is 0 Å². The van der Waals surface area contributed by atoms with E-state index in [2.05, 4.69) is 22.0 Å². The van der Waals surface area contributed by atoms with Gasteiger partial charge in [0, 0.05) is 42.4 Å². The van der Waals surface area contributed by atoms with Crippen molar-refractivity contribution in [2.24, 2.45) is 5.10 Å². The van der Waals surface area contributed by atoms with Crippen molar-refractivity contribution in [3.05, 3.63) is 57.8 Å². The predicted octanol–water partition coefficient (Wildman–Crippen LogP) is 1.60. The largest absolute Gasteiger partial charge is 0.376 e. The van der Waals surface area contributed by atoms with Crippen molar-refractivity contribution in [1.29, 1.82) is 0 Å². The van der Waals surface area contributed by atoms with Gasteiger partial charge in [-0.15, -0.1) is 0 Å². The van der Waals surface area contributed by atoms with Gasteiger partial charge in [0.15, 0.2) is 0 Å². The van der Waals surface area contributed by atoms with Crippen molar-refractivity contribution < 1.29 is 9.53 Å². The summed E-state index contributed by atoms with van der Waals surface area (Å²) < 4.78 is 9.27. The van der Waals surface area contributed by atoms with Crippen LogP contribution in [0.15, 0.2) is 40.4 Å². The molecule has 26 heavy (non-hydrogen) atoms. The zero-order valence-corrected chi connectivity index (χ0v) is 15.1. The SMILES string of the molecule is Cc1cc(/C=N\NC(=O)Cn2ccccc2=O)c(C)n1C[C@@H]1CCCO1. The number of aromatic nitrogens is 2. The van der Waals surface area contributed by atoms with Gasteiger partial charge in [0.2, 0.25) is 0 Å². The summed E-state index contributed by atoms with van der Waals surface area (Å²) in [5, 5.41) is 4.03. The first-order valence-corrected chi connectivity index (χ1v) is 8.80. The Balaban J connectivity index is 1.60. The second-order valence-corrected chi connectivity index (χ2v) is 6.53. The third-order valence-electron chi connectivity index (χ3n) is 4.63. The summed E-state index contributed by atoms with van der Waals surface area (Å²) >= 11 is 0. The number of nitrogens with one attached hydrogen (secondary N) is 1. The van der Waals surface area contributed by atoms with Crippen LogP contribution < -0.4 is 11.0 Å². The smallest absolute Gasteiger partial charge is 0.260 e. The minimum Gasteiger partial charge on any atom is -0.376 e. The Labute approximate surface area is 152 Å². The summed E-state index contributed by atoms with van der Waals surface area (Å²) in [6.07, 6.45) is 5.70. The van der Waals surface area contributed by atoms with E-state index in [1.54, 1.807) is 24.5 Å². The van der Waals surface area contributed by atoms with Crippen LogP contribution in [-0.2, 0) is 22.6 Å². The Morgan fingerprint density at radius 3 is 3.00 bits per heavy atom. The standard InChI is InChI=1S/C19H24N4O3/c1-14-10-16(15(2)23(14)12-17-6-5-9-26-17)11-20-21-18(24)13-22-8-4-3-7-19(22)25/h3-4,7-8,10-11,17H,5-6,9,12-13H2,1-2H3,(H,21,24)/b20-11-/t17-/m0/s1. The van der Waals surface area contributed by atoms with Crippen LogP contribution in [0.3, 0.4) is 0 Å². The van der Waals surface area contributed by atoms with Gasteiger partial charge in [0.25, 0.3) is 11.5 Å². The number of rotatable bonds is 6. The molecule has 7 nitrogen and oxygen atoms in total. The van der Waals surface area contributed by atoms with Crippen LogP contribution in [0.5, 0.6) is 0 Å². The Kier molecular flexibility index (Phi) is 5.68. The lowest BCUT2D eigenvalue weighted by Crippen LogP contribution is -2.29. The highest BCUT2D eigenvalue weighted by Crippen LogP contribution is 2.19. The van der Waals surface area contributed by atoms with Crippen molar-refractivity contribution >= 4 is 12.1 Å². The van der Waals surface area contributed by atoms with E-state index >= 15 is 0 Å². The van der Waals surface area contributed by atoms with Gasteiger partial charge in [0.05, 0.1) is 12.3 Å². The van der Waals surface area contributed by atoms with Gasteiger partial charge < -0.3 is 13.9 Å². The Hall–Kier alpha value is -2.67. The van der Waals surface area contributed by atoms with Crippen molar-refractivity contribution in [2.45, 2.75) is 45.9 Å². The van der Waals surface area contributed by atoms with Gasteiger partial charge in [-0.05, 0) is 38.8 Å². The Morgan fingerprint density at radius 2 is 2.27 bits per heavy atom. The van der Waals surface area contributed by atoms with E-state index in [1.165, 1.54) is 10.6 Å². The average molecular weight is 356 g/mol. The molecule has 0 unspecified atom stereocenters. The molecule has 2 aromatic heterocycles. The highest BCUT2D eigenvalue weighted by Gasteiger charge is 2.18. The van der Waals surface area contributed by atoms with Crippen LogP contribution >= 0.6 is 0 Å². The summed E-state index contributed by atoms with van der Waals surface area (Å²) in [5.41, 5.74) is 5.44. The van der Waals surface area contributed by atoms with Crippen molar-refractivity contribution in [3.63, 3.8) is 0 Å². The fourth-order valence-electron chi connectivity index (χ4n) is 3.19. The highest BCUT2D eigenvalue weighted by atomic mass is 16.5. The van der Waals surface area contributed by atoms with Crippen LogP contribution in [0, 0.1) is 13.8 Å². The number of hydrogen-bond acceptors (Lipinski definition) is 4. The van der Waals surface area contributed by atoms with Crippen LogP contribution in [-0.4, -0.2) is 34.0 Å². The van der Waals surface area contributed by atoms with E-state index in [9.17, 15) is 9.59 Å². The molecular weight excluding hydrogens is 332 g/mol. The maximum atomic E-state index is 11.9. The predicted molar refractivity (Wildman–Crippen MR) is 99.3 cm³/mol. The monoisotopic (exact) mass is 356 g/mol. The minimum absolute atomic E-state index is 0.0605. The topological polar surface area (TPSA) is 77.6 Å². The molecule has 2 aromatic rings. The lowest BCUT2D eigenvalue weighted by atomic mass is 10.2. The third-order valence-corrected chi connectivity index (χ3v) is 4.63. The molecule has 1 aliphatic heterocycles. The van der Waals surface area contributed by atoms with E-state index in [0.29, 0.717) is 0 Å². The van der Waals surface area contributed by atoms with Crippen LogP contribution in [0.1, 0.15) is 29.8 Å². The molecule has 138 valence electrons. The van der Waals surface area contributed by atoms with Gasteiger partial charge in [-0.3, -0.25) is 9.59 Å². The number of hydrogen-bond donors (Lipinski definition) is 1. The molecule has 1 saturated heterocycles. The molecule has 1 aliphatic rings. The second kappa shape index (κ2) is 8.14. The summed E-state index contributed by atoms with van der Waals surface area (Å²) in [6.45, 7) is 5.72. The molecule has 0 spiro atoms. The maximum absolute atomic E-state index is 11.9. The van der Waals surface area contributed by atoms with Gasteiger partial charge in [-0.2, -0.15) is 5.10 Å². The maximum Gasteiger partial charge on any atom is 0.260 e. The summed E-state index contributed by atoms with van der Waals surface area (Å²) in [4.78, 5) is 23.5. The first kappa shape index (κ1) is 18.1. The third kappa shape index (κ3) is 4.29. The number of amides is 1. The first-order chi connectivity index (χ1) is 12.5. The molecular formula is C19H24N4O3. The fraction of sp³-hybridized carbons (Fsp3) is 0.421. The summed E-state index contributed by atoms with van der Waals surface area (Å²) in [6, 6.07) is 6.81. The molecule has 0 saturated carbocycles. The van der Waals surface area contributed by atoms with Crippen molar-refractivity contribution in [3.8, 4) is 0 Å². The van der Waals surface area contributed by atoms with Gasteiger partial charge >= 0.3 is 0 Å². The van der Waals surface area contributed by atoms with E-state index in [1.807, 2.05) is 13.0 Å². The summed E-state index contributed by atoms with van der Waals surface area (Å²) in [5.74, 6) is -0.345. The Bertz CT molecular complexity index is 860. The zero-order valence-electron chi connectivity index (χ0n) is 15.1. The number of pyridine rings is 1. The number of nitrogens with zero attached hydrogens (tertiary/aromatic N) is 3. The molecule has 3 rings (SSSR count). The highest BCUT2D eigenvalue weighted by molar-refractivity contribution is 5.83. The molecule has 7 heteroatoms. The van der Waals surface area contributed by atoms with Gasteiger partial charge in [-0.1, -0.05) is 6.07 Å². The molecule has 0 bridgehead atoms. The quantitative estimate of drug-likeness (QED) is 0.631. The molecule has 1 fully saturated rings. The van der Waals surface area contributed by atoms with Crippen molar-refractivity contribution in [1.82, 2.24) is 14.6 Å². The van der Waals surface area contributed by atoms with Gasteiger partial charge in [-0.25, -0.2) is 5.43 Å². The molecule has 0 aromatic carbocycles. The van der Waals surface area contributed by atoms with E-state index in [0.717, 1.165) is 42.9 Å². The average Bonchev–Trinajstić information content (AvgIpc) is 3.21. The summed E-state index contributed by atoms with van der Waals surface area (Å²) in [7, 11) is 0. The molecule has 1 N–H and O–H groups in total. The fourth-order valence-corrected chi connectivity index (χ4v) is 3.19. The molecule has 1 amide bonds. The lowest BCUT2D eigenvalue weighted by Gasteiger charge is -2.14. The lowest BCUT2D eigenvalue weighted by molar-refractivity contribution is -0.121. The Morgan fingerprint density at radius 1 is 1.42 bits per heavy atom. The minimum atomic E-state index is -0.345. The zero-order chi connectivity index (χ0) is 18.5. The molecule has 1 atom stereocenters. The van der Waals surface area contributed by atoms with E-state index in [-0.39, 0.29) is 24.1 Å². The molecule has 0 aliphatic carbocycles. The molecule has 0 radical (unpaired) electrons. The normalized spacial score (nSPS) is 17.1. The molecule has 3 heterocycles. The number of carbonyl (C=O) groups excluding carboxylic acids is 1. The number of carbonyl (C=O) groups is 1. The second-order valence-electron chi connectivity index (χ2n) is 6.53. The number of hydrazone groups is 1. The van der Waals surface area contributed by atoms with Gasteiger partial charge in [0.1, 0.15) is 6.54 Å². The number of aryl methyl sites for hydroxylation is 1. The van der Waals surface area contributed by atoms with Crippen LogP contribution in [0.2, 0.25) is 0 Å². The van der Waals surface area contributed by atoms with Crippen LogP contribution in [0.4, 0.5) is 0 Å². The van der Waals surface area contributed by atoms with E-state index < -0.39 is 0 Å². The number of ether oxygens (including phenoxy) is 1. The van der Waals surface area contributed by atoms with Crippen molar-refractivity contribution in [2.75, 3.05) is 6.61 Å².